The number of esters is 1. The number of aryl methyl sites for hydroxylation is 2. The zero-order valence-corrected chi connectivity index (χ0v) is 19.6. The van der Waals surface area contributed by atoms with Crippen molar-refractivity contribution in [1.29, 1.82) is 0 Å². The van der Waals surface area contributed by atoms with Crippen molar-refractivity contribution in [3.63, 3.8) is 0 Å². The summed E-state index contributed by atoms with van der Waals surface area (Å²) in [5.74, 6) is -2.61. The minimum absolute atomic E-state index is 0.0666. The van der Waals surface area contributed by atoms with Crippen molar-refractivity contribution in [1.82, 2.24) is 0 Å². The summed E-state index contributed by atoms with van der Waals surface area (Å²) in [4.78, 5) is 24.6. The van der Waals surface area contributed by atoms with Gasteiger partial charge < -0.3 is 18.6 Å². The van der Waals surface area contributed by atoms with Crippen LogP contribution in [0.2, 0.25) is 0 Å². The van der Waals surface area contributed by atoms with Crippen molar-refractivity contribution in [3.05, 3.63) is 98.9 Å². The topological polar surface area (TPSA) is 75.0 Å². The summed E-state index contributed by atoms with van der Waals surface area (Å²) < 4.78 is 62.5. The van der Waals surface area contributed by atoms with Crippen LogP contribution in [0.15, 0.2) is 69.9 Å². The van der Waals surface area contributed by atoms with Crippen LogP contribution in [0, 0.1) is 13.8 Å². The Hall–Kier alpha value is -4.27. The smallest absolute Gasteiger partial charge is 0.453 e. The Morgan fingerprint density at radius 2 is 1.69 bits per heavy atom. The molecular formula is C27H21F3O6. The maximum atomic E-state index is 13.8. The Morgan fingerprint density at radius 1 is 0.972 bits per heavy atom. The number of carbonyl (C=O) groups is 1. The minimum atomic E-state index is -4.97. The number of fused-ring (bicyclic) bond motifs is 1. The third-order valence-corrected chi connectivity index (χ3v) is 5.42. The fourth-order valence-corrected chi connectivity index (χ4v) is 3.47. The Balaban J connectivity index is 1.66. The maximum Gasteiger partial charge on any atom is 0.453 e. The third-order valence-electron chi connectivity index (χ3n) is 5.42. The number of methoxy groups -OCH3 is 1. The van der Waals surface area contributed by atoms with Crippen LogP contribution in [-0.4, -0.2) is 13.1 Å². The molecule has 0 N–H and O–H groups in total. The lowest BCUT2D eigenvalue weighted by Crippen LogP contribution is -2.15. The molecule has 0 unspecified atom stereocenters. The van der Waals surface area contributed by atoms with E-state index in [1.54, 1.807) is 56.3 Å². The van der Waals surface area contributed by atoms with Crippen LogP contribution in [0.1, 0.15) is 32.8 Å². The Labute approximate surface area is 203 Å². The molecule has 0 aliphatic rings. The van der Waals surface area contributed by atoms with Crippen LogP contribution in [0.4, 0.5) is 13.2 Å². The maximum absolute atomic E-state index is 13.8. The van der Waals surface area contributed by atoms with Crippen LogP contribution in [0.25, 0.3) is 11.0 Å². The van der Waals surface area contributed by atoms with Gasteiger partial charge in [-0.2, -0.15) is 13.2 Å². The number of carbonyl (C=O) groups excluding carboxylic acids is 1. The second-order valence-electron chi connectivity index (χ2n) is 8.09. The number of alkyl halides is 3. The van der Waals surface area contributed by atoms with Gasteiger partial charge in [-0.25, -0.2) is 4.79 Å². The van der Waals surface area contributed by atoms with E-state index >= 15 is 0 Å². The van der Waals surface area contributed by atoms with Crippen LogP contribution < -0.4 is 14.9 Å². The van der Waals surface area contributed by atoms with Crippen molar-refractivity contribution >= 4 is 16.9 Å². The molecule has 0 spiro atoms. The molecule has 186 valence electrons. The van der Waals surface area contributed by atoms with Crippen LogP contribution >= 0.6 is 0 Å². The standard InChI is InChI=1S/C27H21F3O6/c1-15-4-5-16(2)21(12-15)35-24-23(31)20-11-10-19(13-22(20)36-25(24)27(28,29)30)34-14-17-6-8-18(9-7-17)26(32)33-3/h4-13H,14H2,1-3H3. The SMILES string of the molecule is COC(=O)c1ccc(COc2ccc3c(=O)c(Oc4cc(C)ccc4C)c(C(F)(F)F)oc3c2)cc1. The molecule has 0 aliphatic carbocycles. The van der Waals surface area contributed by atoms with Gasteiger partial charge in [0.25, 0.3) is 5.76 Å². The van der Waals surface area contributed by atoms with E-state index in [4.69, 9.17) is 13.9 Å². The lowest BCUT2D eigenvalue weighted by atomic mass is 10.1. The highest BCUT2D eigenvalue weighted by atomic mass is 19.4. The van der Waals surface area contributed by atoms with E-state index in [-0.39, 0.29) is 29.1 Å². The summed E-state index contributed by atoms with van der Waals surface area (Å²) in [6.45, 7) is 3.49. The predicted octanol–water partition coefficient (Wildman–Crippen LogP) is 6.59. The molecule has 6 nitrogen and oxygen atoms in total. The van der Waals surface area contributed by atoms with Crippen molar-refractivity contribution < 1.29 is 36.6 Å². The average Bonchev–Trinajstić information content (AvgIpc) is 2.85. The van der Waals surface area contributed by atoms with E-state index < -0.39 is 29.1 Å². The fraction of sp³-hybridized carbons (Fsp3) is 0.185. The van der Waals surface area contributed by atoms with Crippen LogP contribution in [0.5, 0.6) is 17.2 Å². The first-order valence-electron chi connectivity index (χ1n) is 10.8. The molecule has 1 heterocycles. The van der Waals surface area contributed by atoms with Crippen molar-refractivity contribution in [2.45, 2.75) is 26.6 Å². The number of ether oxygens (including phenoxy) is 3. The quantitative estimate of drug-likeness (QED) is 0.279. The Bertz CT molecular complexity index is 1490. The molecule has 9 heteroatoms. The molecule has 0 aliphatic heterocycles. The minimum Gasteiger partial charge on any atom is -0.489 e. The molecule has 1 aromatic heterocycles. The highest BCUT2D eigenvalue weighted by Gasteiger charge is 2.40. The van der Waals surface area contributed by atoms with E-state index in [0.29, 0.717) is 16.7 Å². The number of hydrogen-bond acceptors (Lipinski definition) is 6. The van der Waals surface area contributed by atoms with Crippen LogP contribution in [-0.2, 0) is 17.5 Å². The molecule has 4 aromatic rings. The van der Waals surface area contributed by atoms with Gasteiger partial charge in [0.05, 0.1) is 18.1 Å². The second-order valence-corrected chi connectivity index (χ2v) is 8.09. The fourth-order valence-electron chi connectivity index (χ4n) is 3.47. The first-order chi connectivity index (χ1) is 17.1. The zero-order valence-electron chi connectivity index (χ0n) is 19.6. The molecule has 0 radical (unpaired) electrons. The summed E-state index contributed by atoms with van der Waals surface area (Å²) >= 11 is 0. The largest absolute Gasteiger partial charge is 0.489 e. The molecule has 0 fully saturated rings. The summed E-state index contributed by atoms with van der Waals surface area (Å²) in [6, 6.07) is 15.5. The molecule has 4 rings (SSSR count). The van der Waals surface area contributed by atoms with E-state index in [2.05, 4.69) is 4.74 Å². The summed E-state index contributed by atoms with van der Waals surface area (Å²) in [7, 11) is 1.28. The number of benzene rings is 3. The first-order valence-corrected chi connectivity index (χ1v) is 10.8. The monoisotopic (exact) mass is 498 g/mol. The average molecular weight is 498 g/mol. The zero-order chi connectivity index (χ0) is 26.0. The van der Waals surface area contributed by atoms with Crippen LogP contribution in [0.3, 0.4) is 0 Å². The summed E-state index contributed by atoms with van der Waals surface area (Å²) in [5, 5.41) is -0.0851. The van der Waals surface area contributed by atoms with Gasteiger partial charge >= 0.3 is 12.1 Å². The van der Waals surface area contributed by atoms with Gasteiger partial charge in [0.1, 0.15) is 23.7 Å². The number of halogens is 3. The normalized spacial score (nSPS) is 11.4. The highest BCUT2D eigenvalue weighted by Crippen LogP contribution is 2.39. The number of rotatable bonds is 6. The molecule has 3 aromatic carbocycles. The first kappa shape index (κ1) is 24.8. The van der Waals surface area contributed by atoms with Gasteiger partial charge in [-0.15, -0.1) is 0 Å². The highest BCUT2D eigenvalue weighted by molar-refractivity contribution is 5.89. The Morgan fingerprint density at radius 3 is 2.36 bits per heavy atom. The van der Waals surface area contributed by atoms with Gasteiger partial charge in [0.15, 0.2) is 0 Å². The van der Waals surface area contributed by atoms with Crippen molar-refractivity contribution in [2.24, 2.45) is 0 Å². The molecule has 0 saturated carbocycles. The van der Waals surface area contributed by atoms with E-state index in [1.165, 1.54) is 25.3 Å². The number of hydrogen-bond donors (Lipinski definition) is 0. The summed E-state index contributed by atoms with van der Waals surface area (Å²) in [5.41, 5.74) is 1.16. The van der Waals surface area contributed by atoms with Crippen molar-refractivity contribution in [2.75, 3.05) is 7.11 Å². The Kier molecular flexibility index (Phi) is 6.74. The van der Waals surface area contributed by atoms with E-state index in [0.717, 1.165) is 5.56 Å². The van der Waals surface area contributed by atoms with Gasteiger partial charge in [0.2, 0.25) is 11.2 Å². The van der Waals surface area contributed by atoms with Gasteiger partial charge in [0, 0.05) is 6.07 Å². The van der Waals surface area contributed by atoms with Gasteiger partial charge in [-0.3, -0.25) is 4.79 Å². The molecule has 36 heavy (non-hydrogen) atoms. The van der Waals surface area contributed by atoms with Gasteiger partial charge in [-0.1, -0.05) is 24.3 Å². The lowest BCUT2D eigenvalue weighted by molar-refractivity contribution is -0.154. The molecule has 0 amide bonds. The second kappa shape index (κ2) is 9.77. The molecular weight excluding hydrogens is 477 g/mol. The molecule has 0 saturated heterocycles. The van der Waals surface area contributed by atoms with E-state index in [9.17, 15) is 22.8 Å². The van der Waals surface area contributed by atoms with Crippen molar-refractivity contribution in [3.8, 4) is 17.2 Å². The predicted molar refractivity (Wildman–Crippen MR) is 126 cm³/mol. The van der Waals surface area contributed by atoms with Gasteiger partial charge in [-0.05, 0) is 60.9 Å². The third kappa shape index (κ3) is 5.19. The molecule has 0 bridgehead atoms. The lowest BCUT2D eigenvalue weighted by Gasteiger charge is -2.15. The summed E-state index contributed by atoms with van der Waals surface area (Å²) in [6.07, 6.45) is -4.97. The van der Waals surface area contributed by atoms with E-state index in [1.807, 2.05) is 0 Å². The molecule has 0 atom stereocenters.